The Bertz CT molecular complexity index is 121. The molecule has 0 amide bonds. The molecule has 6 nitrogen and oxygen atoms in total. The van der Waals surface area contributed by atoms with Crippen molar-refractivity contribution in [1.82, 2.24) is 0 Å². The van der Waals surface area contributed by atoms with Gasteiger partial charge in [0.25, 0.3) is 0 Å². The summed E-state index contributed by atoms with van der Waals surface area (Å²) in [6.45, 7) is 0. The summed E-state index contributed by atoms with van der Waals surface area (Å²) in [5, 5.41) is 27.6. The van der Waals surface area contributed by atoms with E-state index in [1.54, 1.807) is 0 Å². The van der Waals surface area contributed by atoms with E-state index in [0.717, 1.165) is 0 Å². The van der Waals surface area contributed by atoms with Crippen molar-refractivity contribution in [3.05, 3.63) is 12.2 Å². The highest BCUT2D eigenvalue weighted by molar-refractivity contribution is 5.89. The van der Waals surface area contributed by atoms with Crippen LogP contribution in [0, 0.1) is 0 Å². The quantitative estimate of drug-likeness (QED) is 0.244. The zero-order valence-corrected chi connectivity index (χ0v) is 4.76. The fourth-order valence-corrected chi connectivity index (χ4v) is 0.143. The average Bonchev–Trinajstić information content (AvgIpc) is 1.89. The molecule has 0 heterocycles. The fraction of sp³-hybridized carbons (Fsp3) is 0. The number of hydrogen-bond donors (Lipinski definition) is 4. The lowest BCUT2D eigenvalue weighted by molar-refractivity contribution is -0.176. The van der Waals surface area contributed by atoms with E-state index >= 15 is 0 Å². The van der Waals surface area contributed by atoms with E-state index in [1.165, 1.54) is 0 Å². The first kappa shape index (κ1) is 11.4. The molecule has 0 saturated carbocycles. The standard InChI is InChI=1S/C4H4O4.H2O2/c5-3(6)1-2-4(7)8;1-2/h1-2H,(H,5,6)(H,7,8);1-2H. The van der Waals surface area contributed by atoms with E-state index in [0.29, 0.717) is 12.2 Å². The maximum Gasteiger partial charge on any atom is 0.328 e. The van der Waals surface area contributed by atoms with Gasteiger partial charge in [-0.05, 0) is 0 Å². The van der Waals surface area contributed by atoms with E-state index in [1.807, 2.05) is 0 Å². The van der Waals surface area contributed by atoms with Crippen LogP contribution in [0.1, 0.15) is 0 Å². The minimum absolute atomic E-state index is 0.558. The van der Waals surface area contributed by atoms with Crippen molar-refractivity contribution in [2.45, 2.75) is 0 Å². The highest BCUT2D eigenvalue weighted by Crippen LogP contribution is 1.70. The fourth-order valence-electron chi connectivity index (χ4n) is 0.143. The second kappa shape index (κ2) is 7.60. The Labute approximate surface area is 55.6 Å². The van der Waals surface area contributed by atoms with Gasteiger partial charge >= 0.3 is 11.9 Å². The van der Waals surface area contributed by atoms with Crippen molar-refractivity contribution in [2.75, 3.05) is 0 Å². The Kier molecular flexibility index (Phi) is 8.67. The van der Waals surface area contributed by atoms with Gasteiger partial charge in [-0.3, -0.25) is 10.5 Å². The molecular formula is C4H6O6. The minimum atomic E-state index is -1.26. The largest absolute Gasteiger partial charge is 0.478 e. The molecule has 0 radical (unpaired) electrons. The van der Waals surface area contributed by atoms with E-state index < -0.39 is 11.9 Å². The van der Waals surface area contributed by atoms with Gasteiger partial charge in [-0.1, -0.05) is 0 Å². The second-order valence-corrected chi connectivity index (χ2v) is 1.01. The molecule has 58 valence electrons. The summed E-state index contributed by atoms with van der Waals surface area (Å²) >= 11 is 0. The molecule has 0 unspecified atom stereocenters. The Hall–Kier alpha value is -1.40. The Morgan fingerprint density at radius 2 is 1.10 bits per heavy atom. The van der Waals surface area contributed by atoms with Gasteiger partial charge in [-0.25, -0.2) is 9.59 Å². The van der Waals surface area contributed by atoms with Crippen LogP contribution in [0.15, 0.2) is 12.2 Å². The molecule has 0 fully saturated rings. The zero-order chi connectivity index (χ0) is 8.57. The van der Waals surface area contributed by atoms with Gasteiger partial charge in [0, 0.05) is 12.2 Å². The van der Waals surface area contributed by atoms with Crippen molar-refractivity contribution in [2.24, 2.45) is 0 Å². The normalized spacial score (nSPS) is 8.20. The third-order valence-corrected chi connectivity index (χ3v) is 0.368. The number of carboxylic acid groups (broad SMARTS) is 2. The zero-order valence-electron chi connectivity index (χ0n) is 4.76. The van der Waals surface area contributed by atoms with Gasteiger partial charge in [-0.15, -0.1) is 0 Å². The lowest BCUT2D eigenvalue weighted by Crippen LogP contribution is -1.91. The summed E-state index contributed by atoms with van der Waals surface area (Å²) in [5.74, 6) is -2.51. The van der Waals surface area contributed by atoms with Crippen LogP contribution < -0.4 is 0 Å². The number of carbonyl (C=O) groups is 2. The first-order valence-corrected chi connectivity index (χ1v) is 1.97. The molecule has 0 atom stereocenters. The van der Waals surface area contributed by atoms with Crippen molar-refractivity contribution < 1.29 is 30.3 Å². The SMILES string of the molecule is O=C(O)C=CC(=O)O.OO. The van der Waals surface area contributed by atoms with Gasteiger partial charge in [-0.2, -0.15) is 0 Å². The average molecular weight is 150 g/mol. The van der Waals surface area contributed by atoms with Crippen LogP contribution >= 0.6 is 0 Å². The lowest BCUT2D eigenvalue weighted by Gasteiger charge is -1.74. The summed E-state index contributed by atoms with van der Waals surface area (Å²) in [4.78, 5) is 19.1. The molecule has 0 rings (SSSR count). The van der Waals surface area contributed by atoms with E-state index in [4.69, 9.17) is 20.7 Å². The van der Waals surface area contributed by atoms with Gasteiger partial charge < -0.3 is 10.2 Å². The second-order valence-electron chi connectivity index (χ2n) is 1.01. The molecule has 0 bridgehead atoms. The van der Waals surface area contributed by atoms with Gasteiger partial charge in [0.1, 0.15) is 0 Å². The summed E-state index contributed by atoms with van der Waals surface area (Å²) in [6.07, 6.45) is 1.12. The van der Waals surface area contributed by atoms with Crippen molar-refractivity contribution in [1.29, 1.82) is 0 Å². The number of hydrogen-bond acceptors (Lipinski definition) is 4. The van der Waals surface area contributed by atoms with Crippen LogP contribution in [0.4, 0.5) is 0 Å². The van der Waals surface area contributed by atoms with Gasteiger partial charge in [0.05, 0.1) is 0 Å². The first-order chi connectivity index (χ1) is 4.63. The lowest BCUT2D eigenvalue weighted by atomic mass is 10.5. The van der Waals surface area contributed by atoms with Crippen LogP contribution in [0.5, 0.6) is 0 Å². The molecule has 0 aromatic heterocycles. The molecule has 6 heteroatoms. The Morgan fingerprint density at radius 1 is 0.900 bits per heavy atom. The Morgan fingerprint density at radius 3 is 1.20 bits per heavy atom. The van der Waals surface area contributed by atoms with E-state index in [9.17, 15) is 9.59 Å². The minimum Gasteiger partial charge on any atom is -0.478 e. The first-order valence-electron chi connectivity index (χ1n) is 1.97. The molecule has 0 aliphatic heterocycles. The van der Waals surface area contributed by atoms with E-state index in [-0.39, 0.29) is 0 Å². The van der Waals surface area contributed by atoms with Crippen LogP contribution in [-0.2, 0) is 9.59 Å². The topological polar surface area (TPSA) is 115 Å². The maximum absolute atomic E-state index is 9.55. The monoisotopic (exact) mass is 150 g/mol. The molecule has 0 saturated heterocycles. The maximum atomic E-state index is 9.55. The summed E-state index contributed by atoms with van der Waals surface area (Å²) in [6, 6.07) is 0. The molecule has 0 aromatic carbocycles. The van der Waals surface area contributed by atoms with Crippen LogP contribution in [0.3, 0.4) is 0 Å². The van der Waals surface area contributed by atoms with E-state index in [2.05, 4.69) is 0 Å². The Balaban J connectivity index is 0. The molecule has 0 aromatic rings. The van der Waals surface area contributed by atoms with Gasteiger partial charge in [0.15, 0.2) is 0 Å². The predicted molar refractivity (Wildman–Crippen MR) is 29.7 cm³/mol. The molecule has 0 aliphatic rings. The molecule has 0 spiro atoms. The smallest absolute Gasteiger partial charge is 0.328 e. The molecule has 0 aliphatic carbocycles. The third-order valence-electron chi connectivity index (χ3n) is 0.368. The number of aliphatic carboxylic acids is 2. The van der Waals surface area contributed by atoms with Crippen LogP contribution in [0.2, 0.25) is 0 Å². The highest BCUT2D eigenvalue weighted by Gasteiger charge is 1.88. The summed E-state index contributed by atoms with van der Waals surface area (Å²) in [7, 11) is 0. The van der Waals surface area contributed by atoms with Crippen molar-refractivity contribution in [3.63, 3.8) is 0 Å². The van der Waals surface area contributed by atoms with Crippen LogP contribution in [-0.4, -0.2) is 32.7 Å². The van der Waals surface area contributed by atoms with Crippen LogP contribution in [0.25, 0.3) is 0 Å². The van der Waals surface area contributed by atoms with Crippen molar-refractivity contribution in [3.8, 4) is 0 Å². The summed E-state index contributed by atoms with van der Waals surface area (Å²) < 4.78 is 0. The highest BCUT2D eigenvalue weighted by atomic mass is 17.0. The van der Waals surface area contributed by atoms with Gasteiger partial charge in [0.2, 0.25) is 0 Å². The molecule has 4 N–H and O–H groups in total. The number of rotatable bonds is 2. The molecule has 10 heavy (non-hydrogen) atoms. The molecular weight excluding hydrogens is 144 g/mol. The van der Waals surface area contributed by atoms with Crippen molar-refractivity contribution >= 4 is 11.9 Å². The summed E-state index contributed by atoms with van der Waals surface area (Å²) in [5.41, 5.74) is 0. The predicted octanol–water partition coefficient (Wildman–Crippen LogP) is -0.271. The number of carboxylic acids is 2. The third kappa shape index (κ3) is 16.0.